The Morgan fingerprint density at radius 3 is 2.12 bits per heavy atom. The number of hydrogen-bond acceptors (Lipinski definition) is 4. The highest BCUT2D eigenvalue weighted by atomic mass is 32.2. The molecule has 5 nitrogen and oxygen atoms in total. The van der Waals surface area contributed by atoms with E-state index < -0.39 is 15.9 Å². The van der Waals surface area contributed by atoms with Crippen LogP contribution in [0, 0.1) is 6.92 Å². The Bertz CT molecular complexity index is 813. The minimum Gasteiger partial charge on any atom is -0.389 e. The predicted molar refractivity (Wildman–Crippen MR) is 136 cm³/mol. The maximum absolute atomic E-state index is 12.2. The normalized spacial score (nSPS) is 13.1. The first-order valence-electron chi connectivity index (χ1n) is 12.5. The summed E-state index contributed by atoms with van der Waals surface area (Å²) in [5, 5.41) is 9.74. The lowest BCUT2D eigenvalue weighted by Crippen LogP contribution is -2.30. The van der Waals surface area contributed by atoms with Crippen LogP contribution in [-0.2, 0) is 14.8 Å². The number of aliphatic hydroxyl groups excluding tert-OH is 1. The lowest BCUT2D eigenvalue weighted by molar-refractivity contribution is -0.119. The molecule has 1 aromatic carbocycles. The minimum absolute atomic E-state index is 0.110. The van der Waals surface area contributed by atoms with Crippen LogP contribution in [0.4, 0.5) is 0 Å². The molecule has 2 N–H and O–H groups in total. The third-order valence-corrected chi connectivity index (χ3v) is 6.86. The number of nitrogens with one attached hydrogen (secondary N) is 1. The lowest BCUT2D eigenvalue weighted by Gasteiger charge is -2.06. The van der Waals surface area contributed by atoms with E-state index in [2.05, 4.69) is 29.9 Å². The number of sulfonamides is 1. The molecule has 33 heavy (non-hydrogen) atoms. The average Bonchev–Trinajstić information content (AvgIpc) is 2.77. The van der Waals surface area contributed by atoms with Crippen LogP contribution in [0.25, 0.3) is 0 Å². The van der Waals surface area contributed by atoms with Crippen molar-refractivity contribution in [2.45, 2.75) is 108 Å². The number of rotatable bonds is 18. The van der Waals surface area contributed by atoms with Crippen molar-refractivity contribution < 1.29 is 18.3 Å². The van der Waals surface area contributed by atoms with Gasteiger partial charge in [-0.3, -0.25) is 4.79 Å². The molecule has 1 atom stereocenters. The highest BCUT2D eigenvalue weighted by Crippen LogP contribution is 2.11. The quantitative estimate of drug-likeness (QED) is 0.190. The third kappa shape index (κ3) is 14.8. The van der Waals surface area contributed by atoms with Crippen molar-refractivity contribution in [1.82, 2.24) is 4.72 Å². The first kappa shape index (κ1) is 29.1. The van der Waals surface area contributed by atoms with Gasteiger partial charge >= 0.3 is 0 Å². The highest BCUT2D eigenvalue weighted by Gasteiger charge is 2.16. The SMILES string of the molecule is CCCC[C@@H](O)/C=C\CCCCCCC/C=C\CCCC(=O)NS(=O)(=O)c1ccc(C)cc1. The van der Waals surface area contributed by atoms with Gasteiger partial charge in [-0.15, -0.1) is 0 Å². The molecule has 1 aromatic rings. The van der Waals surface area contributed by atoms with Crippen LogP contribution in [0.5, 0.6) is 0 Å². The van der Waals surface area contributed by atoms with E-state index in [1.165, 1.54) is 37.8 Å². The van der Waals surface area contributed by atoms with Crippen LogP contribution in [-0.4, -0.2) is 25.5 Å². The second-order valence-corrected chi connectivity index (χ2v) is 10.4. The molecule has 186 valence electrons. The molecule has 6 heteroatoms. The van der Waals surface area contributed by atoms with Crippen molar-refractivity contribution in [2.24, 2.45) is 0 Å². The number of aryl methyl sites for hydroxylation is 1. The Balaban J connectivity index is 2.01. The van der Waals surface area contributed by atoms with Gasteiger partial charge < -0.3 is 5.11 Å². The fraction of sp³-hybridized carbons (Fsp3) is 0.593. The van der Waals surface area contributed by atoms with E-state index >= 15 is 0 Å². The van der Waals surface area contributed by atoms with Crippen LogP contribution in [0.3, 0.4) is 0 Å². The second kappa shape index (κ2) is 17.5. The van der Waals surface area contributed by atoms with Crippen molar-refractivity contribution in [2.75, 3.05) is 0 Å². The van der Waals surface area contributed by atoms with Gasteiger partial charge in [0.15, 0.2) is 0 Å². The van der Waals surface area contributed by atoms with Crippen molar-refractivity contribution in [3.63, 3.8) is 0 Å². The minimum atomic E-state index is -3.78. The molecule has 0 aliphatic heterocycles. The number of amides is 1. The lowest BCUT2D eigenvalue weighted by atomic mass is 10.1. The summed E-state index contributed by atoms with van der Waals surface area (Å²) in [7, 11) is -3.78. The van der Waals surface area contributed by atoms with Crippen molar-refractivity contribution >= 4 is 15.9 Å². The summed E-state index contributed by atoms with van der Waals surface area (Å²) in [6.45, 7) is 4.02. The topological polar surface area (TPSA) is 83.5 Å². The third-order valence-electron chi connectivity index (χ3n) is 5.47. The zero-order valence-corrected chi connectivity index (χ0v) is 21.3. The number of allylic oxidation sites excluding steroid dienone is 3. The van der Waals surface area contributed by atoms with Gasteiger partial charge in [0.05, 0.1) is 11.0 Å². The van der Waals surface area contributed by atoms with Gasteiger partial charge in [0, 0.05) is 6.42 Å². The number of unbranched alkanes of at least 4 members (excludes halogenated alkanes) is 8. The van der Waals surface area contributed by atoms with E-state index in [1.54, 1.807) is 12.1 Å². The fourth-order valence-corrected chi connectivity index (χ4v) is 4.42. The van der Waals surface area contributed by atoms with Gasteiger partial charge in [0.2, 0.25) is 5.91 Å². The van der Waals surface area contributed by atoms with Gasteiger partial charge in [0.25, 0.3) is 10.0 Å². The van der Waals surface area contributed by atoms with Crippen LogP contribution in [0.1, 0.15) is 96.0 Å². The molecule has 0 bridgehead atoms. The smallest absolute Gasteiger partial charge is 0.264 e. The molecule has 0 unspecified atom stereocenters. The summed E-state index contributed by atoms with van der Waals surface area (Å²) in [6.07, 6.45) is 20.8. The molecular formula is C27H43NO4S. The predicted octanol–water partition coefficient (Wildman–Crippen LogP) is 6.36. The Morgan fingerprint density at radius 1 is 0.909 bits per heavy atom. The van der Waals surface area contributed by atoms with E-state index in [-0.39, 0.29) is 17.4 Å². The molecule has 0 heterocycles. The average molecular weight is 478 g/mol. The summed E-state index contributed by atoms with van der Waals surface area (Å²) < 4.78 is 26.5. The van der Waals surface area contributed by atoms with Crippen molar-refractivity contribution in [3.05, 3.63) is 54.1 Å². The fourth-order valence-electron chi connectivity index (χ4n) is 3.41. The van der Waals surface area contributed by atoms with Gasteiger partial charge in [-0.05, 0) is 64.0 Å². The number of carbonyl (C=O) groups is 1. The van der Waals surface area contributed by atoms with Crippen molar-refractivity contribution in [3.8, 4) is 0 Å². The first-order valence-corrected chi connectivity index (χ1v) is 14.0. The van der Waals surface area contributed by atoms with Gasteiger partial charge in [-0.2, -0.15) is 0 Å². The molecule has 0 fully saturated rings. The van der Waals surface area contributed by atoms with E-state index in [0.29, 0.717) is 6.42 Å². The zero-order valence-electron chi connectivity index (χ0n) is 20.5. The van der Waals surface area contributed by atoms with Crippen LogP contribution >= 0.6 is 0 Å². The van der Waals surface area contributed by atoms with E-state index in [9.17, 15) is 18.3 Å². The van der Waals surface area contributed by atoms with Crippen LogP contribution < -0.4 is 4.72 Å². The van der Waals surface area contributed by atoms with Gasteiger partial charge in [-0.25, -0.2) is 13.1 Å². The Hall–Kier alpha value is -1.92. The monoisotopic (exact) mass is 477 g/mol. The van der Waals surface area contributed by atoms with Crippen molar-refractivity contribution in [1.29, 1.82) is 0 Å². The van der Waals surface area contributed by atoms with E-state index in [0.717, 1.165) is 50.5 Å². The molecular weight excluding hydrogens is 434 g/mol. The number of aliphatic hydroxyl groups is 1. The summed E-state index contributed by atoms with van der Waals surface area (Å²) in [5.74, 6) is -0.464. The largest absolute Gasteiger partial charge is 0.389 e. The summed E-state index contributed by atoms with van der Waals surface area (Å²) >= 11 is 0. The molecule has 0 radical (unpaired) electrons. The number of hydrogen-bond donors (Lipinski definition) is 2. The molecule has 1 rings (SSSR count). The molecule has 0 spiro atoms. The molecule has 0 aliphatic rings. The van der Waals surface area contributed by atoms with Crippen LogP contribution in [0.2, 0.25) is 0 Å². The van der Waals surface area contributed by atoms with Gasteiger partial charge in [0.1, 0.15) is 0 Å². The van der Waals surface area contributed by atoms with E-state index in [1.807, 2.05) is 13.0 Å². The maximum Gasteiger partial charge on any atom is 0.264 e. The molecule has 0 aromatic heterocycles. The summed E-state index contributed by atoms with van der Waals surface area (Å²) in [4.78, 5) is 12.1. The summed E-state index contributed by atoms with van der Waals surface area (Å²) in [5.41, 5.74) is 0.967. The zero-order chi connectivity index (χ0) is 24.4. The molecule has 0 aliphatic carbocycles. The van der Waals surface area contributed by atoms with Gasteiger partial charge in [-0.1, -0.05) is 81.0 Å². The molecule has 0 saturated carbocycles. The Labute approximate surface area is 201 Å². The standard InChI is InChI=1S/C27H43NO4S/c1-3-4-17-25(29)18-15-13-11-9-7-5-6-8-10-12-14-16-19-27(30)28-33(31,32)26-22-20-24(2)21-23-26/h10,12,15,18,20-23,25,29H,3-9,11,13-14,16-17,19H2,1-2H3,(H,28,30)/b12-10-,18-15-/t25-/m1/s1. The van der Waals surface area contributed by atoms with E-state index in [4.69, 9.17) is 0 Å². The second-order valence-electron chi connectivity index (χ2n) is 8.69. The maximum atomic E-state index is 12.2. The first-order chi connectivity index (χ1) is 15.8. The summed E-state index contributed by atoms with van der Waals surface area (Å²) in [6, 6.07) is 6.44. The number of carbonyl (C=O) groups excluding carboxylic acids is 1. The number of benzene rings is 1. The Kier molecular flexibility index (Phi) is 15.5. The molecule has 1 amide bonds. The Morgan fingerprint density at radius 2 is 1.48 bits per heavy atom. The van der Waals surface area contributed by atoms with Crippen LogP contribution in [0.15, 0.2) is 53.5 Å². The molecule has 0 saturated heterocycles. The highest BCUT2D eigenvalue weighted by molar-refractivity contribution is 7.90.